The predicted octanol–water partition coefficient (Wildman–Crippen LogP) is 4.11. The zero-order valence-electron chi connectivity index (χ0n) is 17.4. The number of hydrogen-bond donors (Lipinski definition) is 1. The maximum Gasteiger partial charge on any atom is 0.284 e. The standard InChI is InChI=1S/C22H14N4O8/c1-11(12-5-3-2-4-6-12)23-22(28)17-9-13(24(29)30)7-15-19(17)20-16(21(15)27)8-14(25(31)32)10-18(20)26(33)34/h2-11H,1H3,(H,23,28)/t11-/m1/s1. The summed E-state index contributed by atoms with van der Waals surface area (Å²) in [6.45, 7) is 1.68. The van der Waals surface area contributed by atoms with Crippen LogP contribution in [0, 0.1) is 30.3 Å². The molecule has 0 spiro atoms. The Morgan fingerprint density at radius 2 is 1.38 bits per heavy atom. The second-order valence-electron chi connectivity index (χ2n) is 7.51. The molecule has 0 saturated heterocycles. The number of nitro groups is 3. The lowest BCUT2D eigenvalue weighted by Gasteiger charge is -2.16. The van der Waals surface area contributed by atoms with Gasteiger partial charge in [-0.05, 0) is 12.5 Å². The van der Waals surface area contributed by atoms with E-state index in [1.54, 1.807) is 37.3 Å². The molecule has 1 aliphatic carbocycles. The molecule has 0 aliphatic heterocycles. The molecule has 1 aliphatic rings. The Labute approximate surface area is 190 Å². The lowest BCUT2D eigenvalue weighted by Crippen LogP contribution is -2.27. The third kappa shape index (κ3) is 3.62. The Kier molecular flexibility index (Phi) is 5.33. The van der Waals surface area contributed by atoms with Crippen LogP contribution in [0.25, 0.3) is 11.1 Å². The van der Waals surface area contributed by atoms with Gasteiger partial charge in [-0.2, -0.15) is 0 Å². The van der Waals surface area contributed by atoms with Gasteiger partial charge in [0.2, 0.25) is 0 Å². The van der Waals surface area contributed by atoms with Crippen LogP contribution in [0.1, 0.15) is 44.8 Å². The summed E-state index contributed by atoms with van der Waals surface area (Å²) in [6, 6.07) is 11.7. The highest BCUT2D eigenvalue weighted by atomic mass is 16.6. The molecule has 12 nitrogen and oxygen atoms in total. The third-order valence-electron chi connectivity index (χ3n) is 5.47. The number of amides is 1. The van der Waals surface area contributed by atoms with E-state index in [9.17, 15) is 39.9 Å². The lowest BCUT2D eigenvalue weighted by molar-refractivity contribution is -0.393. The molecule has 0 bridgehead atoms. The van der Waals surface area contributed by atoms with Gasteiger partial charge < -0.3 is 5.32 Å². The van der Waals surface area contributed by atoms with E-state index < -0.39 is 49.6 Å². The number of nitrogens with zero attached hydrogens (tertiary/aromatic N) is 3. The van der Waals surface area contributed by atoms with E-state index in [1.807, 2.05) is 0 Å². The summed E-state index contributed by atoms with van der Waals surface area (Å²) in [5, 5.41) is 37.1. The molecule has 0 heterocycles. The number of hydrogen-bond acceptors (Lipinski definition) is 8. The first kappa shape index (κ1) is 22.2. The predicted molar refractivity (Wildman–Crippen MR) is 118 cm³/mol. The Morgan fingerprint density at radius 1 is 0.824 bits per heavy atom. The molecule has 1 amide bonds. The Hall–Kier alpha value is -5.00. The number of carbonyl (C=O) groups excluding carboxylic acids is 2. The van der Waals surface area contributed by atoms with Crippen molar-refractivity contribution in [1.29, 1.82) is 0 Å². The van der Waals surface area contributed by atoms with Gasteiger partial charge in [-0.25, -0.2) is 0 Å². The quantitative estimate of drug-likeness (QED) is 0.329. The van der Waals surface area contributed by atoms with Gasteiger partial charge in [-0.3, -0.25) is 39.9 Å². The summed E-state index contributed by atoms with van der Waals surface area (Å²) in [6.07, 6.45) is 0. The monoisotopic (exact) mass is 462 g/mol. The maximum absolute atomic E-state index is 13.2. The van der Waals surface area contributed by atoms with Crippen molar-refractivity contribution in [3.05, 3.63) is 107 Å². The second-order valence-corrected chi connectivity index (χ2v) is 7.51. The number of nitrogens with one attached hydrogen (secondary N) is 1. The number of fused-ring (bicyclic) bond motifs is 3. The number of carbonyl (C=O) groups is 2. The van der Waals surface area contributed by atoms with E-state index in [0.717, 1.165) is 23.8 Å². The summed E-state index contributed by atoms with van der Waals surface area (Å²) in [7, 11) is 0. The average Bonchev–Trinajstić information content (AvgIpc) is 3.10. The molecule has 0 fully saturated rings. The fraction of sp³-hybridized carbons (Fsp3) is 0.0909. The highest BCUT2D eigenvalue weighted by Crippen LogP contribution is 2.47. The molecule has 0 radical (unpaired) electrons. The minimum atomic E-state index is -0.899. The second kappa shape index (κ2) is 8.16. The molecule has 3 aromatic carbocycles. The molecular weight excluding hydrogens is 448 g/mol. The van der Waals surface area contributed by atoms with Crippen LogP contribution >= 0.6 is 0 Å². The van der Waals surface area contributed by atoms with Crippen LogP contribution in [0.3, 0.4) is 0 Å². The third-order valence-corrected chi connectivity index (χ3v) is 5.47. The molecule has 0 unspecified atom stereocenters. The Morgan fingerprint density at radius 3 is 1.94 bits per heavy atom. The maximum atomic E-state index is 13.2. The van der Waals surface area contributed by atoms with Gasteiger partial charge in [0.05, 0.1) is 38.0 Å². The number of benzene rings is 3. The van der Waals surface area contributed by atoms with Crippen LogP contribution < -0.4 is 5.32 Å². The van der Waals surface area contributed by atoms with Gasteiger partial charge in [-0.1, -0.05) is 30.3 Å². The van der Waals surface area contributed by atoms with Crippen molar-refractivity contribution in [2.24, 2.45) is 0 Å². The van der Waals surface area contributed by atoms with E-state index in [4.69, 9.17) is 0 Å². The van der Waals surface area contributed by atoms with E-state index in [1.165, 1.54) is 0 Å². The normalized spacial score (nSPS) is 12.4. The molecule has 4 rings (SSSR count). The number of rotatable bonds is 6. The minimum absolute atomic E-state index is 0.176. The molecule has 1 atom stereocenters. The minimum Gasteiger partial charge on any atom is -0.345 e. The van der Waals surface area contributed by atoms with E-state index >= 15 is 0 Å². The first-order valence-corrected chi connectivity index (χ1v) is 9.80. The number of non-ortho nitro benzene ring substituents is 2. The van der Waals surface area contributed by atoms with E-state index in [-0.39, 0.29) is 27.8 Å². The van der Waals surface area contributed by atoms with Crippen molar-refractivity contribution in [1.82, 2.24) is 5.32 Å². The van der Waals surface area contributed by atoms with Crippen LogP contribution in [-0.4, -0.2) is 26.5 Å². The van der Waals surface area contributed by atoms with Gasteiger partial charge in [0.1, 0.15) is 0 Å². The molecule has 170 valence electrons. The molecule has 12 heteroatoms. The molecule has 0 aromatic heterocycles. The highest BCUT2D eigenvalue weighted by Gasteiger charge is 2.40. The van der Waals surface area contributed by atoms with Gasteiger partial charge in [0.25, 0.3) is 23.0 Å². The fourth-order valence-corrected chi connectivity index (χ4v) is 3.91. The van der Waals surface area contributed by atoms with E-state index in [0.29, 0.717) is 6.07 Å². The SMILES string of the molecule is C[C@@H](NC(=O)c1cc([N+](=O)[O-])cc2c1-c1c(cc([N+](=O)[O-])cc1[N+](=O)[O-])C2=O)c1ccccc1. The summed E-state index contributed by atoms with van der Waals surface area (Å²) in [4.78, 5) is 58.1. The lowest BCUT2D eigenvalue weighted by atomic mass is 9.96. The first-order chi connectivity index (χ1) is 16.1. The van der Waals surface area contributed by atoms with Crippen LogP contribution in [-0.2, 0) is 0 Å². The fourth-order valence-electron chi connectivity index (χ4n) is 3.91. The van der Waals surface area contributed by atoms with Crippen LogP contribution in [0.4, 0.5) is 17.1 Å². The zero-order chi connectivity index (χ0) is 24.7. The Bertz CT molecular complexity index is 1420. The van der Waals surface area contributed by atoms with Crippen LogP contribution in [0.5, 0.6) is 0 Å². The summed E-state index contributed by atoms with van der Waals surface area (Å²) < 4.78 is 0. The van der Waals surface area contributed by atoms with Crippen LogP contribution in [0.15, 0.2) is 54.6 Å². The first-order valence-electron chi connectivity index (χ1n) is 9.80. The van der Waals surface area contributed by atoms with Crippen LogP contribution in [0.2, 0.25) is 0 Å². The highest BCUT2D eigenvalue weighted by molar-refractivity contribution is 6.26. The average molecular weight is 462 g/mol. The molecule has 34 heavy (non-hydrogen) atoms. The molecule has 0 saturated carbocycles. The topological polar surface area (TPSA) is 176 Å². The van der Waals surface area contributed by atoms with Crippen molar-refractivity contribution in [3.63, 3.8) is 0 Å². The molecule has 1 N–H and O–H groups in total. The van der Waals surface area contributed by atoms with Gasteiger partial charge in [0.15, 0.2) is 5.78 Å². The van der Waals surface area contributed by atoms with Crippen molar-refractivity contribution < 1.29 is 24.4 Å². The van der Waals surface area contributed by atoms with E-state index in [2.05, 4.69) is 5.32 Å². The summed E-state index contributed by atoms with van der Waals surface area (Å²) in [5.74, 6) is -1.68. The summed E-state index contributed by atoms with van der Waals surface area (Å²) in [5.41, 5.74) is -2.76. The molecular formula is C22H14N4O8. The van der Waals surface area contributed by atoms with Crippen molar-refractivity contribution in [3.8, 4) is 11.1 Å². The smallest absolute Gasteiger partial charge is 0.284 e. The van der Waals surface area contributed by atoms with Gasteiger partial charge >= 0.3 is 0 Å². The molecule has 3 aromatic rings. The van der Waals surface area contributed by atoms with Gasteiger partial charge in [0, 0.05) is 34.9 Å². The van der Waals surface area contributed by atoms with Crippen molar-refractivity contribution in [2.45, 2.75) is 13.0 Å². The van der Waals surface area contributed by atoms with Crippen molar-refractivity contribution in [2.75, 3.05) is 0 Å². The zero-order valence-corrected chi connectivity index (χ0v) is 17.4. The Balaban J connectivity index is 1.94. The number of ketones is 1. The largest absolute Gasteiger partial charge is 0.345 e. The van der Waals surface area contributed by atoms with Crippen molar-refractivity contribution >= 4 is 28.8 Å². The van der Waals surface area contributed by atoms with Gasteiger partial charge in [-0.15, -0.1) is 0 Å². The summed E-state index contributed by atoms with van der Waals surface area (Å²) >= 11 is 0. The number of nitro benzene ring substituents is 3.